The first-order valence-electron chi connectivity index (χ1n) is 6.42. The zero-order chi connectivity index (χ0) is 13.1. The molecule has 1 heterocycles. The van der Waals surface area contributed by atoms with Crippen molar-refractivity contribution in [3.8, 4) is 0 Å². The molecule has 1 aliphatic heterocycles. The van der Waals surface area contributed by atoms with Gasteiger partial charge in [-0.15, -0.1) is 0 Å². The Hall–Kier alpha value is -0.220. The number of nitrogens with one attached hydrogen (secondary N) is 1. The Morgan fingerprint density at radius 1 is 1.41 bits per heavy atom. The second-order valence-corrected chi connectivity index (χ2v) is 7.24. The Labute approximate surface area is 110 Å². The van der Waals surface area contributed by atoms with Gasteiger partial charge in [-0.25, -0.2) is 0 Å². The van der Waals surface area contributed by atoms with E-state index in [2.05, 4.69) is 52.0 Å². The van der Waals surface area contributed by atoms with E-state index >= 15 is 0 Å². The van der Waals surface area contributed by atoms with Crippen molar-refractivity contribution in [1.29, 1.82) is 0 Å². The molecule has 100 valence electrons. The molecule has 0 aliphatic carbocycles. The van der Waals surface area contributed by atoms with Crippen molar-refractivity contribution in [3.63, 3.8) is 0 Å². The van der Waals surface area contributed by atoms with Gasteiger partial charge in [0.05, 0.1) is 6.04 Å². The molecule has 4 heteroatoms. The maximum Gasteiger partial charge on any atom is 0.157 e. The second-order valence-electron chi connectivity index (χ2n) is 6.28. The lowest BCUT2D eigenvalue weighted by Crippen LogP contribution is -2.37. The Balaban J connectivity index is 2.61. The summed E-state index contributed by atoms with van der Waals surface area (Å²) in [6.45, 7) is 10.0. The van der Waals surface area contributed by atoms with Gasteiger partial charge >= 0.3 is 0 Å². The van der Waals surface area contributed by atoms with Crippen LogP contribution in [-0.2, 0) is 0 Å². The summed E-state index contributed by atoms with van der Waals surface area (Å²) in [4.78, 5) is 7.10. The van der Waals surface area contributed by atoms with Crippen molar-refractivity contribution in [2.45, 2.75) is 45.7 Å². The highest BCUT2D eigenvalue weighted by Gasteiger charge is 2.28. The first kappa shape index (κ1) is 14.8. The van der Waals surface area contributed by atoms with Crippen LogP contribution < -0.4 is 5.32 Å². The highest BCUT2D eigenvalue weighted by molar-refractivity contribution is 8.14. The summed E-state index contributed by atoms with van der Waals surface area (Å²) in [6.07, 6.45) is 1.16. The van der Waals surface area contributed by atoms with Crippen molar-refractivity contribution in [2.24, 2.45) is 10.9 Å². The lowest BCUT2D eigenvalue weighted by molar-refractivity contribution is 0.345. The monoisotopic (exact) mass is 257 g/mol. The van der Waals surface area contributed by atoms with Crippen LogP contribution in [0.3, 0.4) is 0 Å². The molecule has 1 saturated heterocycles. The fraction of sp³-hybridized carbons (Fsp3) is 0.923. The lowest BCUT2D eigenvalue weighted by Gasteiger charge is -2.21. The van der Waals surface area contributed by atoms with Gasteiger partial charge in [0.25, 0.3) is 0 Å². The normalized spacial score (nSPS) is 23.4. The van der Waals surface area contributed by atoms with Gasteiger partial charge in [-0.3, -0.25) is 4.99 Å². The molecule has 0 aromatic carbocycles. The molecule has 0 aromatic heterocycles. The van der Waals surface area contributed by atoms with Gasteiger partial charge in [-0.05, 0) is 40.3 Å². The minimum Gasteiger partial charge on any atom is -0.359 e. The zero-order valence-corrected chi connectivity index (χ0v) is 12.9. The van der Waals surface area contributed by atoms with Gasteiger partial charge in [0.1, 0.15) is 0 Å². The third-order valence-electron chi connectivity index (χ3n) is 2.63. The van der Waals surface area contributed by atoms with Crippen LogP contribution in [0.15, 0.2) is 4.99 Å². The number of thioether (sulfide) groups is 1. The largest absolute Gasteiger partial charge is 0.359 e. The van der Waals surface area contributed by atoms with Gasteiger partial charge in [-0.2, -0.15) is 0 Å². The molecule has 0 bridgehead atoms. The fourth-order valence-electron chi connectivity index (χ4n) is 1.98. The summed E-state index contributed by atoms with van der Waals surface area (Å²) < 4.78 is 0. The predicted molar refractivity (Wildman–Crippen MR) is 78.9 cm³/mol. The molecule has 1 fully saturated rings. The molecule has 0 spiro atoms. The second kappa shape index (κ2) is 6.10. The highest BCUT2D eigenvalue weighted by atomic mass is 32.2. The average molecular weight is 257 g/mol. The third-order valence-corrected chi connectivity index (χ3v) is 3.98. The summed E-state index contributed by atoms with van der Waals surface area (Å²) >= 11 is 1.85. The molecule has 0 amide bonds. The quantitative estimate of drug-likeness (QED) is 0.820. The molecule has 3 nitrogen and oxygen atoms in total. The van der Waals surface area contributed by atoms with Crippen LogP contribution in [0.2, 0.25) is 0 Å². The molecule has 1 atom stereocenters. The van der Waals surface area contributed by atoms with Gasteiger partial charge < -0.3 is 10.2 Å². The van der Waals surface area contributed by atoms with Crippen molar-refractivity contribution >= 4 is 16.9 Å². The molecular weight excluding hydrogens is 230 g/mol. The predicted octanol–water partition coefficient (Wildman–Crippen LogP) is 2.43. The minimum atomic E-state index is 0.198. The number of rotatable bonds is 5. The first-order chi connectivity index (χ1) is 7.78. The summed E-state index contributed by atoms with van der Waals surface area (Å²) in [5, 5.41) is 4.63. The van der Waals surface area contributed by atoms with Gasteiger partial charge in [0.2, 0.25) is 0 Å². The molecule has 1 aliphatic rings. The van der Waals surface area contributed by atoms with E-state index < -0.39 is 0 Å². The van der Waals surface area contributed by atoms with E-state index in [9.17, 15) is 0 Å². The average Bonchev–Trinajstić information content (AvgIpc) is 2.42. The molecule has 1 unspecified atom stereocenters. The summed E-state index contributed by atoms with van der Waals surface area (Å²) in [5.41, 5.74) is 0.198. The van der Waals surface area contributed by atoms with Crippen LogP contribution in [0.5, 0.6) is 0 Å². The molecule has 17 heavy (non-hydrogen) atoms. The van der Waals surface area contributed by atoms with Crippen LogP contribution in [0.1, 0.15) is 34.1 Å². The molecule has 1 rings (SSSR count). The Kier molecular flexibility index (Phi) is 5.32. The SMILES string of the molecule is CC(C)CC(CN(C)C)N=C1NC(C)(C)CS1. The molecule has 1 N–H and O–H groups in total. The summed E-state index contributed by atoms with van der Waals surface area (Å²) in [5.74, 6) is 1.81. The smallest absolute Gasteiger partial charge is 0.157 e. The molecule has 0 saturated carbocycles. The number of likely N-dealkylation sites (N-methyl/N-ethyl adjacent to an activating group) is 1. The van der Waals surface area contributed by atoms with E-state index in [1.54, 1.807) is 0 Å². The number of aliphatic imine (C=N–C) groups is 1. The Morgan fingerprint density at radius 3 is 2.47 bits per heavy atom. The topological polar surface area (TPSA) is 27.6 Å². The fourth-order valence-corrected chi connectivity index (χ4v) is 3.12. The van der Waals surface area contributed by atoms with E-state index in [0.717, 1.165) is 23.9 Å². The van der Waals surface area contributed by atoms with Crippen LogP contribution >= 0.6 is 11.8 Å². The van der Waals surface area contributed by atoms with Gasteiger partial charge in [0, 0.05) is 17.8 Å². The van der Waals surface area contributed by atoms with E-state index in [-0.39, 0.29) is 5.54 Å². The molecular formula is C13H27N3S. The zero-order valence-electron chi connectivity index (χ0n) is 12.1. The number of nitrogens with zero attached hydrogens (tertiary/aromatic N) is 2. The summed E-state index contributed by atoms with van der Waals surface area (Å²) in [6, 6.07) is 0.411. The maximum atomic E-state index is 4.88. The first-order valence-corrected chi connectivity index (χ1v) is 7.40. The van der Waals surface area contributed by atoms with Crippen LogP contribution in [-0.4, -0.2) is 48.0 Å². The molecule has 0 radical (unpaired) electrons. The minimum absolute atomic E-state index is 0.198. The van der Waals surface area contributed by atoms with Crippen molar-refractivity contribution in [2.75, 3.05) is 26.4 Å². The van der Waals surface area contributed by atoms with Crippen LogP contribution in [0.25, 0.3) is 0 Å². The molecule has 0 aromatic rings. The van der Waals surface area contributed by atoms with E-state index in [1.807, 2.05) is 11.8 Å². The summed E-state index contributed by atoms with van der Waals surface area (Å²) in [7, 11) is 4.24. The Bertz CT molecular complexity index is 262. The van der Waals surface area contributed by atoms with Crippen LogP contribution in [0.4, 0.5) is 0 Å². The third kappa shape index (κ3) is 5.77. The van der Waals surface area contributed by atoms with Gasteiger partial charge in [0.15, 0.2) is 5.17 Å². The highest BCUT2D eigenvalue weighted by Crippen LogP contribution is 2.23. The maximum absolute atomic E-state index is 4.88. The van der Waals surface area contributed by atoms with E-state index in [1.165, 1.54) is 0 Å². The van der Waals surface area contributed by atoms with E-state index in [4.69, 9.17) is 4.99 Å². The Morgan fingerprint density at radius 2 is 2.06 bits per heavy atom. The van der Waals surface area contributed by atoms with Crippen LogP contribution in [0, 0.1) is 5.92 Å². The lowest BCUT2D eigenvalue weighted by atomic mass is 10.0. The van der Waals surface area contributed by atoms with Gasteiger partial charge in [-0.1, -0.05) is 25.6 Å². The number of hydrogen-bond acceptors (Lipinski definition) is 3. The standard InChI is InChI=1S/C13H27N3S/c1-10(2)7-11(8-16(5)6)14-12-15-13(3,4)9-17-12/h10-11H,7-9H2,1-6H3,(H,14,15). The van der Waals surface area contributed by atoms with Crippen molar-refractivity contribution < 1.29 is 0 Å². The number of amidine groups is 1. The van der Waals surface area contributed by atoms with Crippen molar-refractivity contribution in [3.05, 3.63) is 0 Å². The van der Waals surface area contributed by atoms with Crippen molar-refractivity contribution in [1.82, 2.24) is 10.2 Å². The number of hydrogen-bond donors (Lipinski definition) is 1. The van der Waals surface area contributed by atoms with E-state index in [0.29, 0.717) is 12.0 Å².